The number of hydrogen-bond donors (Lipinski definition) is 1. The van der Waals surface area contributed by atoms with Gasteiger partial charge in [0.25, 0.3) is 11.8 Å². The molecule has 1 N–H and O–H groups in total. The van der Waals surface area contributed by atoms with Gasteiger partial charge < -0.3 is 24.6 Å². The molecule has 0 saturated carbocycles. The van der Waals surface area contributed by atoms with Crippen LogP contribution in [0.1, 0.15) is 56.4 Å². The zero-order valence-electron chi connectivity index (χ0n) is 23.4. The van der Waals surface area contributed by atoms with Crippen LogP contribution in [0.15, 0.2) is 97.1 Å². The highest BCUT2D eigenvalue weighted by Crippen LogP contribution is 2.38. The summed E-state index contributed by atoms with van der Waals surface area (Å²) in [5.74, 6) is 2.08. The van der Waals surface area contributed by atoms with Crippen LogP contribution < -0.4 is 14.8 Å². The molecule has 1 saturated heterocycles. The number of likely N-dealkylation sites (tertiary alicyclic amines) is 1. The molecular formula is C35H33N3O4. The maximum absolute atomic E-state index is 13.5. The molecule has 0 spiro atoms. The van der Waals surface area contributed by atoms with Crippen LogP contribution >= 0.6 is 0 Å². The Morgan fingerprint density at radius 3 is 2.36 bits per heavy atom. The number of nitrogens with zero attached hydrogens (tertiary/aromatic N) is 2. The third kappa shape index (κ3) is 5.18. The molecule has 2 amide bonds. The van der Waals surface area contributed by atoms with Gasteiger partial charge in [0, 0.05) is 42.0 Å². The number of amides is 2. The summed E-state index contributed by atoms with van der Waals surface area (Å²) in [5, 5.41) is 3.55. The number of carbonyl (C=O) groups excluding carboxylic acids is 2. The molecule has 42 heavy (non-hydrogen) atoms. The zero-order chi connectivity index (χ0) is 28.5. The second-order valence-corrected chi connectivity index (χ2v) is 11.3. The maximum atomic E-state index is 13.5. The van der Waals surface area contributed by atoms with E-state index in [0.717, 1.165) is 54.9 Å². The minimum Gasteiger partial charge on any atom is -0.454 e. The number of rotatable bonds is 7. The Balaban J connectivity index is 1.02. The maximum Gasteiger partial charge on any atom is 0.256 e. The molecule has 0 radical (unpaired) electrons. The number of hydrogen-bond acceptors (Lipinski definition) is 5. The van der Waals surface area contributed by atoms with Gasteiger partial charge in [0.2, 0.25) is 6.79 Å². The summed E-state index contributed by atoms with van der Waals surface area (Å²) >= 11 is 0. The van der Waals surface area contributed by atoms with Crippen molar-refractivity contribution < 1.29 is 19.1 Å². The lowest BCUT2D eigenvalue weighted by molar-refractivity contribution is 0.0689. The molecule has 0 aliphatic carbocycles. The van der Waals surface area contributed by atoms with Crippen molar-refractivity contribution in [3.05, 3.63) is 125 Å². The Bertz CT molecular complexity index is 1600. The van der Waals surface area contributed by atoms with Crippen molar-refractivity contribution in [1.82, 2.24) is 9.80 Å². The van der Waals surface area contributed by atoms with E-state index >= 15 is 0 Å². The average Bonchev–Trinajstić information content (AvgIpc) is 3.61. The van der Waals surface area contributed by atoms with Crippen molar-refractivity contribution in [3.8, 4) is 11.5 Å². The van der Waals surface area contributed by atoms with Gasteiger partial charge in [0.05, 0.1) is 0 Å². The van der Waals surface area contributed by atoms with Crippen molar-refractivity contribution in [2.45, 2.75) is 32.0 Å². The minimum absolute atomic E-state index is 0.0248. The number of carbonyl (C=O) groups is 2. The SMILES string of the molecule is O=C(c1ccc(NC2c3ccccc3C(=O)N2Cc2ccc3c(c2)OCO3)cc1)N1CCC(Cc2ccccc2)CC1. The Kier molecular flexibility index (Phi) is 7.00. The van der Waals surface area contributed by atoms with Gasteiger partial charge in [0.1, 0.15) is 6.17 Å². The van der Waals surface area contributed by atoms with E-state index in [1.54, 1.807) is 0 Å². The van der Waals surface area contributed by atoms with Crippen LogP contribution in [0.25, 0.3) is 0 Å². The number of nitrogens with one attached hydrogen (secondary N) is 1. The Hall–Kier alpha value is -4.78. The molecular weight excluding hydrogens is 526 g/mol. The van der Waals surface area contributed by atoms with E-state index in [0.29, 0.717) is 29.3 Å². The van der Waals surface area contributed by atoms with Crippen LogP contribution in [0.2, 0.25) is 0 Å². The van der Waals surface area contributed by atoms with E-state index in [9.17, 15) is 9.59 Å². The van der Waals surface area contributed by atoms with E-state index in [4.69, 9.17) is 9.47 Å². The molecule has 0 bridgehead atoms. The van der Waals surface area contributed by atoms with Gasteiger partial charge in [-0.05, 0) is 78.8 Å². The van der Waals surface area contributed by atoms with Gasteiger partial charge in [-0.25, -0.2) is 0 Å². The first-order chi connectivity index (χ1) is 20.6. The molecule has 7 nitrogen and oxygen atoms in total. The van der Waals surface area contributed by atoms with E-state index < -0.39 is 0 Å². The van der Waals surface area contributed by atoms with Crippen LogP contribution in [0.4, 0.5) is 5.69 Å². The van der Waals surface area contributed by atoms with Gasteiger partial charge in [-0.1, -0.05) is 54.6 Å². The fraction of sp³-hybridized carbons (Fsp3) is 0.257. The Labute approximate surface area is 245 Å². The highest BCUT2D eigenvalue weighted by molar-refractivity contribution is 5.99. The topological polar surface area (TPSA) is 71.1 Å². The standard InChI is InChI=1S/C35H33N3O4/c39-34(37-18-16-25(17-19-37)20-24-6-2-1-3-7-24)27-11-13-28(14-12-27)36-33-29-8-4-5-9-30(29)35(40)38(33)22-26-10-15-31-32(21-26)42-23-41-31/h1-15,21,25,33,36H,16-20,22-23H2. The molecule has 212 valence electrons. The molecule has 7 heteroatoms. The normalized spacial score (nSPS) is 17.8. The van der Waals surface area contributed by atoms with Gasteiger partial charge in [-0.15, -0.1) is 0 Å². The Morgan fingerprint density at radius 2 is 1.55 bits per heavy atom. The van der Waals surface area contributed by atoms with Crippen LogP contribution in [0.3, 0.4) is 0 Å². The second-order valence-electron chi connectivity index (χ2n) is 11.3. The fourth-order valence-electron chi connectivity index (χ4n) is 6.26. The molecule has 3 heterocycles. The van der Waals surface area contributed by atoms with E-state index in [-0.39, 0.29) is 24.8 Å². The third-order valence-corrected chi connectivity index (χ3v) is 8.55. The summed E-state index contributed by atoms with van der Waals surface area (Å²) < 4.78 is 11.0. The van der Waals surface area contributed by atoms with Crippen molar-refractivity contribution in [2.24, 2.45) is 5.92 Å². The number of piperidine rings is 1. The smallest absolute Gasteiger partial charge is 0.256 e. The lowest BCUT2D eigenvalue weighted by Crippen LogP contribution is -2.38. The predicted molar refractivity (Wildman–Crippen MR) is 160 cm³/mol. The van der Waals surface area contributed by atoms with E-state index in [1.165, 1.54) is 5.56 Å². The summed E-state index contributed by atoms with van der Waals surface area (Å²) in [5.41, 5.74) is 5.48. The molecule has 7 rings (SSSR count). The highest BCUT2D eigenvalue weighted by Gasteiger charge is 2.36. The first kappa shape index (κ1) is 26.1. The van der Waals surface area contributed by atoms with Crippen LogP contribution in [-0.4, -0.2) is 41.5 Å². The van der Waals surface area contributed by atoms with Gasteiger partial charge in [0.15, 0.2) is 11.5 Å². The largest absolute Gasteiger partial charge is 0.454 e. The van der Waals surface area contributed by atoms with Crippen molar-refractivity contribution in [2.75, 3.05) is 25.2 Å². The van der Waals surface area contributed by atoms with Crippen molar-refractivity contribution in [1.29, 1.82) is 0 Å². The Morgan fingerprint density at radius 1 is 0.810 bits per heavy atom. The van der Waals surface area contributed by atoms with Crippen LogP contribution in [0.5, 0.6) is 11.5 Å². The number of benzene rings is 4. The first-order valence-corrected chi connectivity index (χ1v) is 14.6. The van der Waals surface area contributed by atoms with Gasteiger partial charge >= 0.3 is 0 Å². The number of anilines is 1. The molecule has 4 aromatic carbocycles. The van der Waals surface area contributed by atoms with Crippen molar-refractivity contribution in [3.63, 3.8) is 0 Å². The summed E-state index contributed by atoms with van der Waals surface area (Å²) in [4.78, 5) is 30.6. The quantitative estimate of drug-likeness (QED) is 0.289. The zero-order valence-corrected chi connectivity index (χ0v) is 23.4. The van der Waals surface area contributed by atoms with Gasteiger partial charge in [-0.3, -0.25) is 9.59 Å². The monoisotopic (exact) mass is 559 g/mol. The highest BCUT2D eigenvalue weighted by atomic mass is 16.7. The molecule has 1 atom stereocenters. The molecule has 0 aromatic heterocycles. The summed E-state index contributed by atoms with van der Waals surface area (Å²) in [6.45, 7) is 2.19. The van der Waals surface area contributed by atoms with E-state index in [1.807, 2.05) is 76.5 Å². The molecule has 4 aromatic rings. The number of ether oxygens (including phenoxy) is 2. The molecule has 1 unspecified atom stereocenters. The molecule has 3 aliphatic rings. The predicted octanol–water partition coefficient (Wildman–Crippen LogP) is 6.28. The lowest BCUT2D eigenvalue weighted by Gasteiger charge is -2.32. The molecule has 3 aliphatic heterocycles. The average molecular weight is 560 g/mol. The van der Waals surface area contributed by atoms with Gasteiger partial charge in [-0.2, -0.15) is 0 Å². The van der Waals surface area contributed by atoms with Crippen molar-refractivity contribution >= 4 is 17.5 Å². The van der Waals surface area contributed by atoms with Crippen LogP contribution in [0, 0.1) is 5.92 Å². The number of fused-ring (bicyclic) bond motifs is 2. The first-order valence-electron chi connectivity index (χ1n) is 14.6. The second kappa shape index (κ2) is 11.2. The summed E-state index contributed by atoms with van der Waals surface area (Å²) in [6.07, 6.45) is 2.77. The third-order valence-electron chi connectivity index (χ3n) is 8.55. The summed E-state index contributed by atoms with van der Waals surface area (Å²) in [7, 11) is 0. The minimum atomic E-state index is -0.343. The fourth-order valence-corrected chi connectivity index (χ4v) is 6.26. The van der Waals surface area contributed by atoms with Crippen LogP contribution in [-0.2, 0) is 13.0 Å². The van der Waals surface area contributed by atoms with E-state index in [2.05, 4.69) is 35.6 Å². The lowest BCUT2D eigenvalue weighted by atomic mass is 9.90. The summed E-state index contributed by atoms with van der Waals surface area (Å²) in [6, 6.07) is 31.7. The molecule has 1 fully saturated rings.